The van der Waals surface area contributed by atoms with Gasteiger partial charge >= 0.3 is 6.09 Å². The summed E-state index contributed by atoms with van der Waals surface area (Å²) < 4.78 is 9.39. The number of fused-ring (bicyclic) bond motifs is 1. The van der Waals surface area contributed by atoms with Crippen LogP contribution in [0, 0.1) is 0 Å². The topological polar surface area (TPSA) is 31.2 Å². The van der Waals surface area contributed by atoms with Crippen LogP contribution < -0.4 is 0 Å². The molecule has 1 saturated carbocycles. The third kappa shape index (κ3) is 2.98. The van der Waals surface area contributed by atoms with Crippen LogP contribution in [0.2, 0.25) is 0 Å². The van der Waals surface area contributed by atoms with E-state index in [0.29, 0.717) is 5.92 Å². The summed E-state index contributed by atoms with van der Waals surface area (Å²) in [7, 11) is 0. The summed E-state index contributed by atoms with van der Waals surface area (Å²) in [6.07, 6.45) is 6.01. The lowest BCUT2D eigenvalue weighted by Crippen LogP contribution is -2.27. The summed E-state index contributed by atoms with van der Waals surface area (Å²) in [4.78, 5) is 12.6. The number of rotatable bonds is 1. The van der Waals surface area contributed by atoms with Crippen molar-refractivity contribution in [3.8, 4) is 0 Å². The maximum absolute atomic E-state index is 12.6. The van der Waals surface area contributed by atoms with E-state index in [4.69, 9.17) is 4.74 Å². The first-order chi connectivity index (χ1) is 10.4. The van der Waals surface area contributed by atoms with Gasteiger partial charge in [0.05, 0.1) is 10.2 Å². The molecule has 0 unspecified atom stereocenters. The van der Waals surface area contributed by atoms with Crippen LogP contribution in [0.3, 0.4) is 0 Å². The van der Waals surface area contributed by atoms with Gasteiger partial charge in [0.1, 0.15) is 10.2 Å². The van der Waals surface area contributed by atoms with Crippen LogP contribution in [0.15, 0.2) is 16.0 Å². The molecule has 0 bridgehead atoms. The van der Waals surface area contributed by atoms with Crippen LogP contribution in [0.25, 0.3) is 10.2 Å². The van der Waals surface area contributed by atoms with Crippen LogP contribution in [-0.4, -0.2) is 16.3 Å². The van der Waals surface area contributed by atoms with Gasteiger partial charge in [-0.25, -0.2) is 9.36 Å². The minimum atomic E-state index is -0.492. The highest BCUT2D eigenvalue weighted by atomic mass is 79.9. The van der Waals surface area contributed by atoms with E-state index in [1.807, 2.05) is 26.8 Å². The van der Waals surface area contributed by atoms with Gasteiger partial charge in [-0.1, -0.05) is 19.3 Å². The second kappa shape index (κ2) is 6.00. The molecule has 0 saturated heterocycles. The maximum atomic E-state index is 12.6. The smallest absolute Gasteiger partial charge is 0.419 e. The molecule has 2 heterocycles. The third-order valence-corrected chi connectivity index (χ3v) is 5.86. The molecule has 0 radical (unpaired) electrons. The predicted molar refractivity (Wildman–Crippen MR) is 95.0 cm³/mol. The molecule has 1 aliphatic rings. The third-order valence-electron chi connectivity index (χ3n) is 4.14. The normalized spacial score (nSPS) is 17.1. The van der Waals surface area contributed by atoms with Crippen molar-refractivity contribution in [1.82, 2.24) is 4.57 Å². The molecular weight excluding hydrogens is 362 g/mol. The lowest BCUT2D eigenvalue weighted by atomic mass is 9.85. The zero-order valence-electron chi connectivity index (χ0n) is 13.3. The Labute approximate surface area is 143 Å². The van der Waals surface area contributed by atoms with Gasteiger partial charge in [-0.15, -0.1) is 11.3 Å². The Morgan fingerprint density at radius 2 is 2.00 bits per heavy atom. The van der Waals surface area contributed by atoms with Crippen molar-refractivity contribution in [1.29, 1.82) is 0 Å². The lowest BCUT2D eigenvalue weighted by Gasteiger charge is -2.22. The molecule has 3 nitrogen and oxygen atoms in total. The Kier molecular flexibility index (Phi) is 4.38. The molecule has 1 aliphatic carbocycles. The minimum absolute atomic E-state index is 0.301. The predicted octanol–water partition coefficient (Wildman–Crippen LogP) is 6.30. The number of halogens is 1. The van der Waals surface area contributed by atoms with Crippen LogP contribution in [-0.2, 0) is 4.74 Å². The molecule has 0 N–H and O–H groups in total. The molecule has 22 heavy (non-hydrogen) atoms. The molecular formula is C17H22BrNO2S. The highest BCUT2D eigenvalue weighted by molar-refractivity contribution is 9.10. The quantitative estimate of drug-likeness (QED) is 0.578. The number of ether oxygens (including phenoxy) is 1. The van der Waals surface area contributed by atoms with Crippen molar-refractivity contribution >= 4 is 43.6 Å². The van der Waals surface area contributed by atoms with E-state index in [0.717, 1.165) is 10.1 Å². The van der Waals surface area contributed by atoms with Gasteiger partial charge in [0.15, 0.2) is 0 Å². The largest absolute Gasteiger partial charge is 0.443 e. The van der Waals surface area contributed by atoms with Crippen molar-refractivity contribution < 1.29 is 9.53 Å². The van der Waals surface area contributed by atoms with E-state index >= 15 is 0 Å². The highest BCUT2D eigenvalue weighted by Gasteiger charge is 2.29. The maximum Gasteiger partial charge on any atom is 0.419 e. The van der Waals surface area contributed by atoms with Crippen molar-refractivity contribution in [3.63, 3.8) is 0 Å². The second-order valence-electron chi connectivity index (χ2n) is 6.99. The Bertz CT molecular complexity index is 689. The molecule has 120 valence electrons. The average molecular weight is 384 g/mol. The summed E-state index contributed by atoms with van der Waals surface area (Å²) in [5.41, 5.74) is 1.77. The Morgan fingerprint density at radius 3 is 2.64 bits per heavy atom. The van der Waals surface area contributed by atoms with E-state index in [1.165, 1.54) is 42.4 Å². The lowest BCUT2D eigenvalue weighted by molar-refractivity contribution is 0.0540. The summed E-state index contributed by atoms with van der Waals surface area (Å²) in [5.74, 6) is 0.549. The first-order valence-corrected chi connectivity index (χ1v) is 9.56. The van der Waals surface area contributed by atoms with Crippen molar-refractivity contribution in [3.05, 3.63) is 21.6 Å². The summed E-state index contributed by atoms with van der Waals surface area (Å²) in [5, 5.41) is 2.06. The van der Waals surface area contributed by atoms with Crippen LogP contribution in [0.4, 0.5) is 4.79 Å². The fourth-order valence-electron chi connectivity index (χ4n) is 3.23. The Hall–Kier alpha value is -0.810. The average Bonchev–Trinajstić information content (AvgIpc) is 2.96. The fraction of sp³-hybridized carbons (Fsp3) is 0.588. The summed E-state index contributed by atoms with van der Waals surface area (Å²) >= 11 is 5.41. The van der Waals surface area contributed by atoms with E-state index in [-0.39, 0.29) is 6.09 Å². The van der Waals surface area contributed by atoms with Gasteiger partial charge < -0.3 is 4.74 Å². The van der Waals surface area contributed by atoms with Crippen LogP contribution in [0.5, 0.6) is 0 Å². The zero-order valence-corrected chi connectivity index (χ0v) is 15.7. The molecule has 0 amide bonds. The van der Waals surface area contributed by atoms with Crippen molar-refractivity contribution in [2.75, 3.05) is 0 Å². The molecule has 3 rings (SSSR count). The van der Waals surface area contributed by atoms with Gasteiger partial charge in [-0.2, -0.15) is 0 Å². The monoisotopic (exact) mass is 383 g/mol. The second-order valence-corrected chi connectivity index (χ2v) is 8.66. The highest BCUT2D eigenvalue weighted by Crippen LogP contribution is 2.44. The summed E-state index contributed by atoms with van der Waals surface area (Å²) in [6, 6.07) is 2.01. The summed E-state index contributed by atoms with van der Waals surface area (Å²) in [6.45, 7) is 5.69. The van der Waals surface area contributed by atoms with Gasteiger partial charge in [0.2, 0.25) is 0 Å². The molecule has 0 aromatic carbocycles. The number of hydrogen-bond donors (Lipinski definition) is 0. The molecule has 1 fully saturated rings. The number of carbonyl (C=O) groups excluding carboxylic acids is 1. The van der Waals surface area contributed by atoms with Gasteiger partial charge in [0.25, 0.3) is 0 Å². The van der Waals surface area contributed by atoms with Crippen LogP contribution >= 0.6 is 27.3 Å². The Balaban J connectivity index is 2.06. The zero-order chi connectivity index (χ0) is 15.9. The number of aromatic nitrogens is 1. The number of thiophene rings is 1. The molecule has 2 aromatic heterocycles. The first kappa shape index (κ1) is 16.1. The fourth-order valence-corrected chi connectivity index (χ4v) is 5.22. The number of hydrogen-bond acceptors (Lipinski definition) is 3. The SMILES string of the molecule is CC(C)(C)OC(=O)n1c(Br)c(C2CCCCC2)c2sccc21. The van der Waals surface area contributed by atoms with Crippen molar-refractivity contribution in [2.24, 2.45) is 0 Å². The Morgan fingerprint density at radius 1 is 1.32 bits per heavy atom. The van der Waals surface area contributed by atoms with E-state index in [9.17, 15) is 4.79 Å². The van der Waals surface area contributed by atoms with Crippen molar-refractivity contribution in [2.45, 2.75) is 64.4 Å². The number of carbonyl (C=O) groups is 1. The van der Waals surface area contributed by atoms with E-state index < -0.39 is 5.60 Å². The molecule has 0 aliphatic heterocycles. The van der Waals surface area contributed by atoms with Gasteiger partial charge in [-0.05, 0) is 66.9 Å². The first-order valence-electron chi connectivity index (χ1n) is 7.89. The van der Waals surface area contributed by atoms with Gasteiger partial charge in [-0.3, -0.25) is 0 Å². The minimum Gasteiger partial charge on any atom is -0.443 e. The molecule has 5 heteroatoms. The van der Waals surface area contributed by atoms with Crippen LogP contribution in [0.1, 0.15) is 64.4 Å². The molecule has 0 atom stereocenters. The van der Waals surface area contributed by atoms with E-state index in [1.54, 1.807) is 15.9 Å². The number of nitrogens with zero attached hydrogens (tertiary/aromatic N) is 1. The van der Waals surface area contributed by atoms with Gasteiger partial charge in [0, 0.05) is 5.56 Å². The molecule has 2 aromatic rings. The molecule has 0 spiro atoms. The standard InChI is InChI=1S/C17H22BrNO2S/c1-17(2,3)21-16(20)19-12-9-10-22-14(12)13(15(19)18)11-7-5-4-6-8-11/h9-11H,4-8H2,1-3H3. The van der Waals surface area contributed by atoms with E-state index in [2.05, 4.69) is 21.3 Å².